The van der Waals surface area contributed by atoms with Crippen molar-refractivity contribution < 1.29 is 9.59 Å². The minimum absolute atomic E-state index is 0.119. The summed E-state index contributed by atoms with van der Waals surface area (Å²) in [5.41, 5.74) is 0. The number of hydrogen-bond donors (Lipinski definition) is 1. The lowest BCUT2D eigenvalue weighted by atomic mass is 9.96. The standard InChI is InChI=1S/C13H18N2O2S/c1-7(16)13(2)11(17)15-12(18-13)14-10-6-8-3-4-9(10)5-8/h8-10H,3-6H2,1-2H3,(H,14,15,17)/t8-,9+,10+,13+/m1/s1. The Bertz CT molecular complexity index is 448. The molecule has 0 radical (unpaired) electrons. The van der Waals surface area contributed by atoms with Crippen LogP contribution in [-0.2, 0) is 9.59 Å². The summed E-state index contributed by atoms with van der Waals surface area (Å²) in [7, 11) is 0. The first-order valence-corrected chi connectivity index (χ1v) is 7.40. The number of nitrogens with one attached hydrogen (secondary N) is 1. The number of amidine groups is 1. The van der Waals surface area contributed by atoms with E-state index in [-0.39, 0.29) is 11.7 Å². The highest BCUT2D eigenvalue weighted by Gasteiger charge is 2.47. The van der Waals surface area contributed by atoms with Gasteiger partial charge in [0, 0.05) is 6.04 Å². The Labute approximate surface area is 111 Å². The predicted molar refractivity (Wildman–Crippen MR) is 71.5 cm³/mol. The first-order valence-electron chi connectivity index (χ1n) is 6.59. The molecule has 4 atom stereocenters. The summed E-state index contributed by atoms with van der Waals surface area (Å²) in [6, 6.07) is 0.456. The number of nitrogens with zero attached hydrogens (tertiary/aromatic N) is 1. The van der Waals surface area contributed by atoms with Gasteiger partial charge >= 0.3 is 0 Å². The number of rotatable bonds is 2. The molecule has 0 aromatic heterocycles. The fourth-order valence-corrected chi connectivity index (χ4v) is 4.33. The van der Waals surface area contributed by atoms with Gasteiger partial charge in [-0.15, -0.1) is 0 Å². The number of aliphatic imine (C=N–C) groups is 1. The zero-order chi connectivity index (χ0) is 12.9. The maximum Gasteiger partial charge on any atom is 0.272 e. The van der Waals surface area contributed by atoms with E-state index in [1.165, 1.54) is 44.4 Å². The van der Waals surface area contributed by atoms with E-state index in [1.54, 1.807) is 6.92 Å². The van der Waals surface area contributed by atoms with Crippen LogP contribution in [0.25, 0.3) is 0 Å². The molecule has 2 bridgehead atoms. The molecular formula is C13H18N2O2S. The molecular weight excluding hydrogens is 248 g/mol. The number of amides is 1. The van der Waals surface area contributed by atoms with Crippen LogP contribution in [0.15, 0.2) is 4.99 Å². The van der Waals surface area contributed by atoms with Crippen LogP contribution in [0.1, 0.15) is 39.5 Å². The van der Waals surface area contributed by atoms with Gasteiger partial charge in [0.25, 0.3) is 5.91 Å². The first-order chi connectivity index (χ1) is 8.49. The summed E-state index contributed by atoms with van der Waals surface area (Å²) in [5, 5.41) is 4.04. The number of thioether (sulfide) groups is 1. The third-order valence-corrected chi connectivity index (χ3v) is 5.90. The van der Waals surface area contributed by atoms with Gasteiger partial charge in [0.15, 0.2) is 15.7 Å². The molecule has 18 heavy (non-hydrogen) atoms. The van der Waals surface area contributed by atoms with Crippen LogP contribution >= 0.6 is 11.8 Å². The fraction of sp³-hybridized carbons (Fsp3) is 0.769. The molecule has 5 heteroatoms. The summed E-state index contributed by atoms with van der Waals surface area (Å²) in [5.74, 6) is 1.16. The molecule has 2 saturated carbocycles. The van der Waals surface area contributed by atoms with Gasteiger partial charge in [0.2, 0.25) is 0 Å². The lowest BCUT2D eigenvalue weighted by molar-refractivity contribution is -0.127. The van der Waals surface area contributed by atoms with E-state index in [0.717, 1.165) is 11.8 Å². The maximum atomic E-state index is 11.8. The Kier molecular flexibility index (Phi) is 2.77. The molecule has 3 aliphatic rings. The Morgan fingerprint density at radius 1 is 1.44 bits per heavy atom. The minimum atomic E-state index is -1.00. The Balaban J connectivity index is 1.67. The average Bonchev–Trinajstić information content (AvgIpc) is 2.95. The molecule has 0 spiro atoms. The molecule has 1 heterocycles. The number of fused-ring (bicyclic) bond motifs is 2. The van der Waals surface area contributed by atoms with Crippen molar-refractivity contribution in [1.29, 1.82) is 0 Å². The number of carbonyl (C=O) groups is 2. The van der Waals surface area contributed by atoms with Gasteiger partial charge in [0.05, 0.1) is 0 Å². The molecule has 3 rings (SSSR count). The van der Waals surface area contributed by atoms with E-state index < -0.39 is 4.75 Å². The third-order valence-electron chi connectivity index (χ3n) is 4.63. The quantitative estimate of drug-likeness (QED) is 0.773. The van der Waals surface area contributed by atoms with E-state index in [4.69, 9.17) is 0 Å². The van der Waals surface area contributed by atoms with Gasteiger partial charge in [-0.2, -0.15) is 4.99 Å². The van der Waals surface area contributed by atoms with Crippen molar-refractivity contribution in [2.24, 2.45) is 16.8 Å². The highest BCUT2D eigenvalue weighted by atomic mass is 32.2. The summed E-state index contributed by atoms with van der Waals surface area (Å²) < 4.78 is -1.00. The van der Waals surface area contributed by atoms with Crippen LogP contribution in [0.4, 0.5) is 0 Å². The zero-order valence-electron chi connectivity index (χ0n) is 10.7. The third kappa shape index (κ3) is 1.79. The lowest BCUT2D eigenvalue weighted by Gasteiger charge is -2.24. The molecule has 2 aliphatic carbocycles. The summed E-state index contributed by atoms with van der Waals surface area (Å²) in [6.45, 7) is 3.13. The van der Waals surface area contributed by atoms with E-state index >= 15 is 0 Å². The molecule has 0 unspecified atom stereocenters. The number of ketones is 1. The molecule has 2 fully saturated rings. The van der Waals surface area contributed by atoms with Gasteiger partial charge in [-0.25, -0.2) is 0 Å². The van der Waals surface area contributed by atoms with Crippen LogP contribution in [0.5, 0.6) is 0 Å². The van der Waals surface area contributed by atoms with Gasteiger partial charge in [0.1, 0.15) is 0 Å². The topological polar surface area (TPSA) is 58.5 Å². The van der Waals surface area contributed by atoms with Crippen LogP contribution in [0, 0.1) is 11.8 Å². The van der Waals surface area contributed by atoms with Crippen molar-refractivity contribution >= 4 is 28.6 Å². The van der Waals surface area contributed by atoms with Crippen molar-refractivity contribution in [3.05, 3.63) is 0 Å². The van der Waals surface area contributed by atoms with Crippen molar-refractivity contribution in [1.82, 2.24) is 5.32 Å². The van der Waals surface area contributed by atoms with Crippen LogP contribution in [0.3, 0.4) is 0 Å². The first kappa shape index (κ1) is 12.2. The molecule has 0 aromatic rings. The highest BCUT2D eigenvalue weighted by molar-refractivity contribution is 8.16. The second-order valence-electron chi connectivity index (χ2n) is 5.84. The molecule has 4 nitrogen and oxygen atoms in total. The van der Waals surface area contributed by atoms with Gasteiger partial charge < -0.3 is 5.32 Å². The highest BCUT2D eigenvalue weighted by Crippen LogP contribution is 2.45. The van der Waals surface area contributed by atoms with Gasteiger partial charge in [-0.05, 0) is 44.9 Å². The maximum absolute atomic E-state index is 11.8. The van der Waals surface area contributed by atoms with Crippen molar-refractivity contribution in [3.8, 4) is 0 Å². The Morgan fingerprint density at radius 3 is 2.72 bits per heavy atom. The van der Waals surface area contributed by atoms with E-state index in [0.29, 0.717) is 11.2 Å². The van der Waals surface area contributed by atoms with E-state index in [9.17, 15) is 9.59 Å². The van der Waals surface area contributed by atoms with Crippen molar-refractivity contribution in [2.45, 2.75) is 50.3 Å². The van der Waals surface area contributed by atoms with Crippen LogP contribution in [-0.4, -0.2) is 27.6 Å². The van der Waals surface area contributed by atoms with Gasteiger partial charge in [-0.1, -0.05) is 18.2 Å². The van der Waals surface area contributed by atoms with Crippen molar-refractivity contribution in [3.63, 3.8) is 0 Å². The normalized spacial score (nSPS) is 42.2. The summed E-state index contributed by atoms with van der Waals surface area (Å²) in [6.07, 6.45) is 5.15. The SMILES string of the molecule is CC(=O)[C@]1(C)SC(N[C@H]2C[C@@H]3CC[C@H]2C3)=NC1=O. The molecule has 1 amide bonds. The molecule has 0 aromatic carbocycles. The monoisotopic (exact) mass is 266 g/mol. The number of Topliss-reactive ketones (excluding diaryl/α,β-unsaturated/α-hetero) is 1. The summed E-state index contributed by atoms with van der Waals surface area (Å²) >= 11 is 1.28. The minimum Gasteiger partial charge on any atom is -0.361 e. The van der Waals surface area contributed by atoms with Crippen LogP contribution in [0.2, 0.25) is 0 Å². The molecule has 98 valence electrons. The molecule has 0 saturated heterocycles. The lowest BCUT2D eigenvalue weighted by Crippen LogP contribution is -2.38. The predicted octanol–water partition coefficient (Wildman–Crippen LogP) is 1.74. The zero-order valence-corrected chi connectivity index (χ0v) is 11.5. The number of hydrogen-bond acceptors (Lipinski definition) is 4. The molecule has 1 aliphatic heterocycles. The van der Waals surface area contributed by atoms with E-state index in [1.807, 2.05) is 0 Å². The largest absolute Gasteiger partial charge is 0.361 e. The van der Waals surface area contributed by atoms with Crippen molar-refractivity contribution in [2.75, 3.05) is 0 Å². The molecule has 1 N–H and O–H groups in total. The Morgan fingerprint density at radius 2 is 2.22 bits per heavy atom. The van der Waals surface area contributed by atoms with Gasteiger partial charge in [-0.3, -0.25) is 9.59 Å². The average molecular weight is 266 g/mol. The Hall–Kier alpha value is -0.840. The van der Waals surface area contributed by atoms with Crippen LogP contribution < -0.4 is 5.32 Å². The number of carbonyl (C=O) groups excluding carboxylic acids is 2. The second-order valence-corrected chi connectivity index (χ2v) is 7.25. The summed E-state index contributed by atoms with van der Waals surface area (Å²) in [4.78, 5) is 27.4. The smallest absolute Gasteiger partial charge is 0.272 e. The van der Waals surface area contributed by atoms with E-state index in [2.05, 4.69) is 10.3 Å². The second kappa shape index (κ2) is 4.08. The fourth-order valence-electron chi connectivity index (χ4n) is 3.32.